The Morgan fingerprint density at radius 2 is 1.90 bits per heavy atom. The zero-order valence-corrected chi connectivity index (χ0v) is 17.3. The molecule has 0 bridgehead atoms. The fraction of sp³-hybridized carbons (Fsp3) is 0. The van der Waals surface area contributed by atoms with Crippen molar-refractivity contribution in [1.82, 2.24) is 0 Å². The molecule has 1 aliphatic rings. The van der Waals surface area contributed by atoms with Gasteiger partial charge in [0.25, 0.3) is 5.69 Å². The minimum absolute atomic E-state index is 0.0191. The van der Waals surface area contributed by atoms with Crippen molar-refractivity contribution >= 4 is 57.7 Å². The molecule has 3 aromatic rings. The number of thiophene rings is 1. The minimum atomic E-state index is -1.15. The van der Waals surface area contributed by atoms with E-state index in [-0.39, 0.29) is 22.8 Å². The van der Waals surface area contributed by atoms with Gasteiger partial charge in [-0.15, -0.1) is 11.3 Å². The van der Waals surface area contributed by atoms with Gasteiger partial charge in [0.05, 0.1) is 21.2 Å². The Morgan fingerprint density at radius 3 is 2.57 bits per heavy atom. The highest BCUT2D eigenvalue weighted by molar-refractivity contribution is 8.03. The van der Waals surface area contributed by atoms with Crippen LogP contribution in [0, 0.1) is 10.1 Å². The number of rotatable bonds is 5. The average molecular weight is 462 g/mol. The third-order valence-electron chi connectivity index (χ3n) is 4.22. The largest absolute Gasteiger partial charge is 0.493 e. The highest BCUT2D eigenvalue weighted by atomic mass is 35.5. The second-order valence-electron chi connectivity index (χ2n) is 6.13. The van der Waals surface area contributed by atoms with Gasteiger partial charge in [-0.25, -0.2) is 4.79 Å². The van der Waals surface area contributed by atoms with Crippen molar-refractivity contribution in [2.75, 3.05) is 10.6 Å². The summed E-state index contributed by atoms with van der Waals surface area (Å²) in [7, 11) is 0. The van der Waals surface area contributed by atoms with Crippen molar-refractivity contribution in [3.05, 3.63) is 79.5 Å². The first-order valence-electron chi connectivity index (χ1n) is 8.38. The van der Waals surface area contributed by atoms with Crippen LogP contribution in [0.1, 0.15) is 10.4 Å². The molecule has 0 fully saturated rings. The SMILES string of the molecule is O=C(O)c1c(NC(O)=C2Nc3ccc([N+](=O)[O-])cc3S2)csc1-c1ccc(Cl)cc1. The lowest BCUT2D eigenvalue weighted by atomic mass is 10.1. The number of aromatic carboxylic acids is 1. The second kappa shape index (κ2) is 7.90. The number of benzene rings is 2. The molecular formula is C19H12ClN3O5S2. The number of carbonyl (C=O) groups is 1. The number of anilines is 2. The molecule has 1 aliphatic heterocycles. The quantitative estimate of drug-likeness (QED) is 0.207. The van der Waals surface area contributed by atoms with Crippen LogP contribution in [0.15, 0.2) is 63.7 Å². The number of halogens is 1. The molecule has 2 heterocycles. The number of carboxylic acid groups (broad SMARTS) is 1. The van der Waals surface area contributed by atoms with Crippen LogP contribution in [0.4, 0.5) is 17.1 Å². The third kappa shape index (κ3) is 3.80. The predicted octanol–water partition coefficient (Wildman–Crippen LogP) is 5.99. The van der Waals surface area contributed by atoms with Gasteiger partial charge in [0.1, 0.15) is 10.6 Å². The Morgan fingerprint density at radius 1 is 1.17 bits per heavy atom. The maximum atomic E-state index is 11.9. The van der Waals surface area contributed by atoms with Gasteiger partial charge in [-0.3, -0.25) is 10.1 Å². The third-order valence-corrected chi connectivity index (χ3v) is 6.55. The highest BCUT2D eigenvalue weighted by Gasteiger charge is 2.25. The summed E-state index contributed by atoms with van der Waals surface area (Å²) in [6.45, 7) is 0. The second-order valence-corrected chi connectivity index (χ2v) is 8.50. The molecule has 152 valence electrons. The molecule has 0 saturated heterocycles. The summed E-state index contributed by atoms with van der Waals surface area (Å²) in [6.07, 6.45) is 0. The number of nitrogens with zero attached hydrogens (tertiary/aromatic N) is 1. The van der Waals surface area contributed by atoms with Crippen molar-refractivity contribution in [3.63, 3.8) is 0 Å². The maximum Gasteiger partial charge on any atom is 0.339 e. The molecule has 0 aliphatic carbocycles. The van der Waals surface area contributed by atoms with Gasteiger partial charge >= 0.3 is 5.97 Å². The zero-order chi connectivity index (χ0) is 21.4. The Hall–Kier alpha value is -3.21. The van der Waals surface area contributed by atoms with E-state index < -0.39 is 10.9 Å². The minimum Gasteiger partial charge on any atom is -0.493 e. The van der Waals surface area contributed by atoms with Crippen LogP contribution < -0.4 is 10.6 Å². The number of aliphatic hydroxyl groups excluding tert-OH is 1. The number of fused-ring (bicyclic) bond motifs is 1. The van der Waals surface area contributed by atoms with Gasteiger partial charge in [-0.1, -0.05) is 35.5 Å². The summed E-state index contributed by atoms with van der Waals surface area (Å²) in [4.78, 5) is 23.4. The first kappa shape index (κ1) is 20.1. The fourth-order valence-electron chi connectivity index (χ4n) is 2.84. The number of nitrogens with one attached hydrogen (secondary N) is 2. The standard InChI is InChI=1S/C19H12ClN3O5S2/c20-10-3-1-9(2-4-10)16-15(19(25)26)13(8-29-16)21-17(24)18-22-12-6-5-11(23(27)28)7-14(12)30-18/h1-8,21-22,24H,(H,25,26). The topological polar surface area (TPSA) is 125 Å². The van der Waals surface area contributed by atoms with Gasteiger partial charge in [0, 0.05) is 27.4 Å². The number of non-ortho nitro benzene ring substituents is 1. The van der Waals surface area contributed by atoms with Crippen molar-refractivity contribution < 1.29 is 19.9 Å². The number of carboxylic acids is 1. The average Bonchev–Trinajstić information content (AvgIpc) is 3.32. The lowest BCUT2D eigenvalue weighted by molar-refractivity contribution is -0.385. The van der Waals surface area contributed by atoms with Crippen LogP contribution in [-0.2, 0) is 0 Å². The summed E-state index contributed by atoms with van der Waals surface area (Å²) >= 11 is 8.23. The predicted molar refractivity (Wildman–Crippen MR) is 118 cm³/mol. The van der Waals surface area contributed by atoms with Gasteiger partial charge in [0.2, 0.25) is 5.88 Å². The molecule has 30 heavy (non-hydrogen) atoms. The van der Waals surface area contributed by atoms with E-state index in [1.165, 1.54) is 23.5 Å². The number of aliphatic hydroxyl groups is 1. The molecule has 0 spiro atoms. The Labute approximate surface area is 183 Å². The van der Waals surface area contributed by atoms with Gasteiger partial charge in [-0.05, 0) is 23.8 Å². The normalized spacial score (nSPS) is 14.0. The molecule has 11 heteroatoms. The van der Waals surface area contributed by atoms with E-state index in [1.807, 2.05) is 0 Å². The summed E-state index contributed by atoms with van der Waals surface area (Å²) in [6, 6.07) is 11.1. The molecule has 4 N–H and O–H groups in total. The van der Waals surface area contributed by atoms with Crippen LogP contribution in [0.3, 0.4) is 0 Å². The van der Waals surface area contributed by atoms with Crippen LogP contribution in [-0.4, -0.2) is 21.1 Å². The van der Waals surface area contributed by atoms with E-state index in [0.29, 0.717) is 31.1 Å². The molecule has 4 rings (SSSR count). The van der Waals surface area contributed by atoms with Crippen molar-refractivity contribution in [1.29, 1.82) is 0 Å². The van der Waals surface area contributed by atoms with Crippen LogP contribution in [0.2, 0.25) is 5.02 Å². The summed E-state index contributed by atoms with van der Waals surface area (Å²) in [5.74, 6) is -1.44. The van der Waals surface area contributed by atoms with Gasteiger partial charge < -0.3 is 20.8 Å². The monoisotopic (exact) mass is 461 g/mol. The highest BCUT2D eigenvalue weighted by Crippen LogP contribution is 2.44. The summed E-state index contributed by atoms with van der Waals surface area (Å²) in [5, 5.41) is 39.3. The first-order valence-corrected chi connectivity index (χ1v) is 10.4. The molecule has 0 atom stereocenters. The van der Waals surface area contributed by atoms with E-state index in [1.54, 1.807) is 35.7 Å². The molecule has 0 unspecified atom stereocenters. The zero-order valence-electron chi connectivity index (χ0n) is 14.9. The van der Waals surface area contributed by atoms with Gasteiger partial charge in [-0.2, -0.15) is 0 Å². The van der Waals surface area contributed by atoms with E-state index in [0.717, 1.165) is 11.8 Å². The fourth-order valence-corrected chi connectivity index (χ4v) is 4.90. The van der Waals surface area contributed by atoms with E-state index in [2.05, 4.69) is 10.6 Å². The van der Waals surface area contributed by atoms with Crippen LogP contribution in [0.25, 0.3) is 10.4 Å². The van der Waals surface area contributed by atoms with E-state index in [9.17, 15) is 25.1 Å². The molecule has 8 nitrogen and oxygen atoms in total. The molecule has 0 radical (unpaired) electrons. The number of thioether (sulfide) groups is 1. The molecule has 2 aromatic carbocycles. The van der Waals surface area contributed by atoms with Crippen LogP contribution in [0.5, 0.6) is 0 Å². The Kier molecular flexibility index (Phi) is 5.29. The first-order chi connectivity index (χ1) is 14.3. The molecule has 1 aromatic heterocycles. The number of nitro benzene ring substituents is 1. The number of hydrogen-bond acceptors (Lipinski definition) is 8. The summed E-state index contributed by atoms with van der Waals surface area (Å²) in [5.41, 5.74) is 1.49. The lowest BCUT2D eigenvalue weighted by Gasteiger charge is -2.08. The number of hydrogen-bond donors (Lipinski definition) is 4. The lowest BCUT2D eigenvalue weighted by Crippen LogP contribution is -2.08. The van der Waals surface area contributed by atoms with E-state index in [4.69, 9.17) is 11.6 Å². The van der Waals surface area contributed by atoms with Crippen molar-refractivity contribution in [3.8, 4) is 10.4 Å². The molecular weight excluding hydrogens is 450 g/mol. The summed E-state index contributed by atoms with van der Waals surface area (Å²) < 4.78 is 0. The van der Waals surface area contributed by atoms with Crippen molar-refractivity contribution in [2.45, 2.75) is 4.90 Å². The molecule has 0 saturated carbocycles. The van der Waals surface area contributed by atoms with E-state index >= 15 is 0 Å². The smallest absolute Gasteiger partial charge is 0.339 e. The van der Waals surface area contributed by atoms with Crippen molar-refractivity contribution in [2.24, 2.45) is 0 Å². The number of nitro groups is 1. The Balaban J connectivity index is 1.63. The van der Waals surface area contributed by atoms with Gasteiger partial charge in [0.15, 0.2) is 0 Å². The Bertz CT molecular complexity index is 1210. The maximum absolute atomic E-state index is 11.9. The molecule has 0 amide bonds. The van der Waals surface area contributed by atoms with Crippen LogP contribution >= 0.6 is 34.7 Å².